The molecular weight excluding hydrogens is 299 g/mol. The van der Waals surface area contributed by atoms with Crippen LogP contribution in [0.5, 0.6) is 0 Å². The molecule has 0 atom stereocenters. The van der Waals surface area contributed by atoms with Crippen molar-refractivity contribution in [2.75, 3.05) is 18.3 Å². The Morgan fingerprint density at radius 3 is 2.68 bits per heavy atom. The number of hydrogen-bond donors (Lipinski definition) is 2. The SMILES string of the molecule is CN(CCC(=O)O)S(=O)(=O)Nc1ccc(Cl)c(F)c1. The van der Waals surface area contributed by atoms with Gasteiger partial charge in [-0.25, -0.2) is 4.39 Å². The van der Waals surface area contributed by atoms with E-state index in [0.29, 0.717) is 0 Å². The van der Waals surface area contributed by atoms with Gasteiger partial charge in [0.25, 0.3) is 0 Å². The smallest absolute Gasteiger partial charge is 0.304 e. The summed E-state index contributed by atoms with van der Waals surface area (Å²) in [4.78, 5) is 10.4. The van der Waals surface area contributed by atoms with Gasteiger partial charge in [0.1, 0.15) is 5.82 Å². The average molecular weight is 311 g/mol. The van der Waals surface area contributed by atoms with Crippen molar-refractivity contribution in [3.05, 3.63) is 29.0 Å². The zero-order valence-electron chi connectivity index (χ0n) is 9.93. The van der Waals surface area contributed by atoms with Crippen molar-refractivity contribution in [1.29, 1.82) is 0 Å². The highest BCUT2D eigenvalue weighted by molar-refractivity contribution is 7.90. The van der Waals surface area contributed by atoms with Crippen LogP contribution in [0.1, 0.15) is 6.42 Å². The summed E-state index contributed by atoms with van der Waals surface area (Å²) < 4.78 is 39.6. The Balaban J connectivity index is 2.78. The van der Waals surface area contributed by atoms with Crippen molar-refractivity contribution in [2.24, 2.45) is 0 Å². The molecule has 0 aromatic heterocycles. The van der Waals surface area contributed by atoms with Crippen LogP contribution in [0.15, 0.2) is 18.2 Å². The van der Waals surface area contributed by atoms with E-state index in [2.05, 4.69) is 4.72 Å². The number of carboxylic acid groups (broad SMARTS) is 1. The minimum Gasteiger partial charge on any atom is -0.481 e. The number of rotatable bonds is 6. The second-order valence-corrected chi connectivity index (χ2v) is 5.89. The van der Waals surface area contributed by atoms with Crippen LogP contribution < -0.4 is 4.72 Å². The van der Waals surface area contributed by atoms with Gasteiger partial charge < -0.3 is 5.11 Å². The largest absolute Gasteiger partial charge is 0.481 e. The first-order valence-corrected chi connectivity index (χ1v) is 6.95. The number of halogens is 2. The molecule has 0 spiro atoms. The summed E-state index contributed by atoms with van der Waals surface area (Å²) in [7, 11) is -2.71. The zero-order valence-corrected chi connectivity index (χ0v) is 11.5. The minimum atomic E-state index is -3.93. The Kier molecular flexibility index (Phi) is 5.10. The Morgan fingerprint density at radius 1 is 1.53 bits per heavy atom. The average Bonchev–Trinajstić information content (AvgIpc) is 2.30. The zero-order chi connectivity index (χ0) is 14.6. The number of benzene rings is 1. The molecule has 0 aliphatic rings. The first kappa shape index (κ1) is 15.7. The molecule has 1 rings (SSSR count). The van der Waals surface area contributed by atoms with Gasteiger partial charge in [0.15, 0.2) is 0 Å². The van der Waals surface area contributed by atoms with Crippen LogP contribution in [0.2, 0.25) is 5.02 Å². The van der Waals surface area contributed by atoms with Gasteiger partial charge in [0.2, 0.25) is 0 Å². The maximum absolute atomic E-state index is 13.2. The van der Waals surface area contributed by atoms with E-state index in [1.54, 1.807) is 0 Å². The lowest BCUT2D eigenvalue weighted by atomic mass is 10.3. The van der Waals surface area contributed by atoms with Crippen molar-refractivity contribution in [3.8, 4) is 0 Å². The molecular formula is C10H12ClFN2O4S. The third-order valence-corrected chi connectivity index (χ3v) is 4.02. The number of carbonyl (C=O) groups is 1. The molecule has 0 saturated heterocycles. The number of nitrogens with zero attached hydrogens (tertiary/aromatic N) is 1. The summed E-state index contributed by atoms with van der Waals surface area (Å²) in [5.74, 6) is -1.87. The number of hydrogen-bond acceptors (Lipinski definition) is 3. The fourth-order valence-corrected chi connectivity index (χ4v) is 2.19. The summed E-state index contributed by atoms with van der Waals surface area (Å²) in [5, 5.41) is 8.36. The highest BCUT2D eigenvalue weighted by Gasteiger charge is 2.18. The third-order valence-electron chi connectivity index (χ3n) is 2.22. The van der Waals surface area contributed by atoms with E-state index in [1.807, 2.05) is 0 Å². The first-order chi connectivity index (χ1) is 8.72. The minimum absolute atomic E-state index is 0.00377. The fraction of sp³-hybridized carbons (Fsp3) is 0.300. The second-order valence-electron chi connectivity index (χ2n) is 3.70. The molecule has 19 heavy (non-hydrogen) atoms. The lowest BCUT2D eigenvalue weighted by Crippen LogP contribution is -2.34. The van der Waals surface area contributed by atoms with Crippen molar-refractivity contribution in [3.63, 3.8) is 0 Å². The van der Waals surface area contributed by atoms with Gasteiger partial charge in [-0.2, -0.15) is 12.7 Å². The van der Waals surface area contributed by atoms with E-state index < -0.39 is 22.0 Å². The summed E-state index contributed by atoms with van der Waals surface area (Å²) in [6, 6.07) is 3.45. The van der Waals surface area contributed by atoms with Crippen molar-refractivity contribution in [2.45, 2.75) is 6.42 Å². The standard InChI is InChI=1S/C10H12ClFN2O4S/c1-14(5-4-10(15)16)19(17,18)13-7-2-3-8(11)9(12)6-7/h2-3,6,13H,4-5H2,1H3,(H,15,16). The molecule has 0 bridgehead atoms. The van der Waals surface area contributed by atoms with Gasteiger partial charge in [-0.15, -0.1) is 0 Å². The molecule has 9 heteroatoms. The number of carboxylic acids is 1. The van der Waals surface area contributed by atoms with Crippen LogP contribution >= 0.6 is 11.6 Å². The van der Waals surface area contributed by atoms with Gasteiger partial charge in [-0.1, -0.05) is 11.6 Å². The lowest BCUT2D eigenvalue weighted by Gasteiger charge is -2.17. The lowest BCUT2D eigenvalue weighted by molar-refractivity contribution is -0.137. The number of anilines is 1. The van der Waals surface area contributed by atoms with Crippen molar-refractivity contribution in [1.82, 2.24) is 4.31 Å². The third kappa shape index (κ3) is 4.66. The van der Waals surface area contributed by atoms with Gasteiger partial charge in [0, 0.05) is 13.6 Å². The Morgan fingerprint density at radius 2 is 2.16 bits per heavy atom. The van der Waals surface area contributed by atoms with E-state index >= 15 is 0 Å². The molecule has 0 fully saturated rings. The number of aliphatic carboxylic acids is 1. The van der Waals surface area contributed by atoms with E-state index in [0.717, 1.165) is 10.4 Å². The fourth-order valence-electron chi connectivity index (χ4n) is 1.16. The molecule has 0 saturated carbocycles. The van der Waals surface area contributed by atoms with Gasteiger partial charge in [-0.05, 0) is 18.2 Å². The Labute approximate surface area is 115 Å². The predicted molar refractivity (Wildman–Crippen MR) is 68.8 cm³/mol. The van der Waals surface area contributed by atoms with E-state index in [1.165, 1.54) is 19.2 Å². The Bertz CT molecular complexity index is 579. The molecule has 6 nitrogen and oxygen atoms in total. The van der Waals surface area contributed by atoms with Gasteiger partial charge in [-0.3, -0.25) is 9.52 Å². The maximum Gasteiger partial charge on any atom is 0.304 e. The van der Waals surface area contributed by atoms with E-state index in [-0.39, 0.29) is 23.7 Å². The summed E-state index contributed by atoms with van der Waals surface area (Å²) in [5.41, 5.74) is 0.00377. The predicted octanol–water partition coefficient (Wildman–Crippen LogP) is 1.54. The molecule has 106 valence electrons. The molecule has 0 aliphatic heterocycles. The maximum atomic E-state index is 13.2. The molecule has 0 radical (unpaired) electrons. The highest BCUT2D eigenvalue weighted by atomic mass is 35.5. The molecule has 1 aromatic carbocycles. The van der Waals surface area contributed by atoms with Crippen LogP contribution in [0, 0.1) is 5.82 Å². The van der Waals surface area contributed by atoms with Crippen LogP contribution in [-0.2, 0) is 15.0 Å². The van der Waals surface area contributed by atoms with Crippen molar-refractivity contribution < 1.29 is 22.7 Å². The first-order valence-electron chi connectivity index (χ1n) is 5.13. The van der Waals surface area contributed by atoms with Crippen molar-refractivity contribution >= 4 is 33.5 Å². The normalized spacial score (nSPS) is 11.6. The highest BCUT2D eigenvalue weighted by Crippen LogP contribution is 2.19. The van der Waals surface area contributed by atoms with E-state index in [4.69, 9.17) is 16.7 Å². The van der Waals surface area contributed by atoms with E-state index in [9.17, 15) is 17.6 Å². The monoisotopic (exact) mass is 310 g/mol. The molecule has 1 aromatic rings. The summed E-state index contributed by atoms with van der Waals surface area (Å²) >= 11 is 5.47. The molecule has 0 unspecified atom stereocenters. The molecule has 0 heterocycles. The molecule has 0 aliphatic carbocycles. The van der Waals surface area contributed by atoms with Gasteiger partial charge >= 0.3 is 16.2 Å². The summed E-state index contributed by atoms with van der Waals surface area (Å²) in [6.07, 6.45) is -0.327. The Hall–Kier alpha value is -1.38. The molecule has 0 amide bonds. The van der Waals surface area contributed by atoms with Crippen LogP contribution in [0.3, 0.4) is 0 Å². The van der Waals surface area contributed by atoms with Gasteiger partial charge in [0.05, 0.1) is 17.1 Å². The summed E-state index contributed by atoms with van der Waals surface area (Å²) in [6.45, 7) is -0.194. The number of nitrogens with one attached hydrogen (secondary N) is 1. The van der Waals surface area contributed by atoms with Crippen LogP contribution in [-0.4, -0.2) is 37.4 Å². The quantitative estimate of drug-likeness (QED) is 0.834. The topological polar surface area (TPSA) is 86.7 Å². The van der Waals surface area contributed by atoms with Crippen LogP contribution in [0.4, 0.5) is 10.1 Å². The molecule has 2 N–H and O–H groups in total. The second kappa shape index (κ2) is 6.18. The van der Waals surface area contributed by atoms with Crippen LogP contribution in [0.25, 0.3) is 0 Å².